The molecule has 0 saturated carbocycles. The molecule has 1 N–H and O–H groups in total. The van der Waals surface area contributed by atoms with Crippen molar-refractivity contribution in [1.29, 1.82) is 0 Å². The first-order valence-corrected chi connectivity index (χ1v) is 11.4. The number of hydrogen-bond acceptors (Lipinski definition) is 4. The van der Waals surface area contributed by atoms with Crippen LogP contribution in [0.5, 0.6) is 0 Å². The minimum Gasteiger partial charge on any atom is -0.478 e. The molecule has 4 rings (SSSR count). The van der Waals surface area contributed by atoms with Crippen molar-refractivity contribution in [3.05, 3.63) is 89.0 Å². The molecule has 2 aliphatic heterocycles. The number of aryl methyl sites for hydroxylation is 1. The number of hydrogen-bond donors (Lipinski definition) is 1. The van der Waals surface area contributed by atoms with Crippen LogP contribution in [0.3, 0.4) is 0 Å². The van der Waals surface area contributed by atoms with Gasteiger partial charge in [0.2, 0.25) is 0 Å². The first-order valence-electron chi connectivity index (χ1n) is 11.4. The van der Waals surface area contributed by atoms with Crippen molar-refractivity contribution in [3.8, 4) is 0 Å². The third kappa shape index (κ3) is 5.70. The van der Waals surface area contributed by atoms with Gasteiger partial charge in [-0.25, -0.2) is 4.79 Å². The lowest BCUT2D eigenvalue weighted by atomic mass is 9.94. The van der Waals surface area contributed by atoms with Gasteiger partial charge in [0.15, 0.2) is 0 Å². The third-order valence-electron chi connectivity index (χ3n) is 6.08. The van der Waals surface area contributed by atoms with E-state index in [9.17, 15) is 23.1 Å². The van der Waals surface area contributed by atoms with E-state index in [0.29, 0.717) is 24.1 Å². The molecule has 3 heterocycles. The summed E-state index contributed by atoms with van der Waals surface area (Å²) in [6.07, 6.45) is 5.34. The van der Waals surface area contributed by atoms with Crippen molar-refractivity contribution in [1.82, 2.24) is 9.88 Å². The van der Waals surface area contributed by atoms with Gasteiger partial charge in [-0.3, -0.25) is 9.98 Å². The zero-order chi connectivity index (χ0) is 25.2. The Balaban J connectivity index is 1.82. The molecule has 1 unspecified atom stereocenters. The third-order valence-corrected chi connectivity index (χ3v) is 6.08. The Morgan fingerprint density at radius 1 is 1.17 bits per heavy atom. The van der Waals surface area contributed by atoms with Gasteiger partial charge in [0.05, 0.1) is 23.4 Å². The lowest BCUT2D eigenvalue weighted by molar-refractivity contribution is -0.132. The number of nitrogens with zero attached hydrogens (tertiary/aromatic N) is 3. The summed E-state index contributed by atoms with van der Waals surface area (Å²) in [5, 5.41) is 9.43. The summed E-state index contributed by atoms with van der Waals surface area (Å²) in [5.74, 6) is -0.827. The van der Waals surface area contributed by atoms with Crippen LogP contribution in [0.4, 0.5) is 13.2 Å². The maximum Gasteiger partial charge on any atom is 0.390 e. The van der Waals surface area contributed by atoms with Crippen molar-refractivity contribution in [2.45, 2.75) is 39.3 Å². The summed E-state index contributed by atoms with van der Waals surface area (Å²) >= 11 is 0. The Kier molecular flexibility index (Phi) is 6.91. The zero-order valence-corrected chi connectivity index (χ0v) is 19.5. The topological polar surface area (TPSA) is 65.8 Å². The second-order valence-corrected chi connectivity index (χ2v) is 8.82. The summed E-state index contributed by atoms with van der Waals surface area (Å²) in [5.41, 5.74) is 5.72. The number of pyridine rings is 1. The Bertz CT molecular complexity index is 1240. The van der Waals surface area contributed by atoms with Crippen LogP contribution in [0.25, 0.3) is 11.3 Å². The van der Waals surface area contributed by atoms with Crippen LogP contribution in [0, 0.1) is 12.8 Å². The molecule has 0 fully saturated rings. The second kappa shape index (κ2) is 9.90. The number of rotatable bonds is 5. The fourth-order valence-corrected chi connectivity index (χ4v) is 4.31. The molecule has 1 aromatic carbocycles. The van der Waals surface area contributed by atoms with Crippen molar-refractivity contribution in [3.63, 3.8) is 0 Å². The minimum absolute atomic E-state index is 0.164. The van der Waals surface area contributed by atoms with Crippen LogP contribution in [-0.2, 0) is 0 Å². The number of aliphatic imine (C=N–C) groups is 1. The smallest absolute Gasteiger partial charge is 0.390 e. The van der Waals surface area contributed by atoms with E-state index in [1.54, 1.807) is 31.5 Å². The van der Waals surface area contributed by atoms with E-state index in [4.69, 9.17) is 0 Å². The Hall–Kier alpha value is -3.68. The highest BCUT2D eigenvalue weighted by Crippen LogP contribution is 2.38. The summed E-state index contributed by atoms with van der Waals surface area (Å²) in [4.78, 5) is 22.0. The van der Waals surface area contributed by atoms with Gasteiger partial charge in [-0.2, -0.15) is 13.2 Å². The molecule has 0 radical (unpaired) electrons. The van der Waals surface area contributed by atoms with Gasteiger partial charge in [-0.05, 0) is 65.8 Å². The van der Waals surface area contributed by atoms with Gasteiger partial charge >= 0.3 is 12.1 Å². The number of carbonyl (C=O) groups is 1. The summed E-state index contributed by atoms with van der Waals surface area (Å²) in [6, 6.07) is 8.92. The summed E-state index contributed by atoms with van der Waals surface area (Å²) in [6.45, 7) is 3.49. The molecule has 1 atom stereocenters. The number of benzene rings is 1. The average molecular weight is 482 g/mol. The standard InChI is InChI=1S/C27H26F3N3O2/c1-17-3-6-24-23(32-12-9-27(28,29)30)15-21(19-7-10-31-11-8-19)16-33(24)25(13-17)20-4-5-22(26(34)35)18(2)14-20/h4-8,10-11,13-14,16-17H,3,9,12,15H2,1-2H3,(H,34,35). The van der Waals surface area contributed by atoms with E-state index < -0.39 is 18.6 Å². The van der Waals surface area contributed by atoms with Crippen molar-refractivity contribution < 1.29 is 23.1 Å². The lowest BCUT2D eigenvalue weighted by Crippen LogP contribution is -2.27. The number of halogens is 3. The van der Waals surface area contributed by atoms with Crippen LogP contribution in [0.15, 0.2) is 71.8 Å². The summed E-state index contributed by atoms with van der Waals surface area (Å²) < 4.78 is 38.5. The molecular weight excluding hydrogens is 455 g/mol. The molecule has 0 aliphatic carbocycles. The highest BCUT2D eigenvalue weighted by molar-refractivity contribution is 6.09. The molecule has 8 heteroatoms. The van der Waals surface area contributed by atoms with Crippen LogP contribution in [0.2, 0.25) is 0 Å². The van der Waals surface area contributed by atoms with Crippen LogP contribution >= 0.6 is 0 Å². The fourth-order valence-electron chi connectivity index (χ4n) is 4.31. The van der Waals surface area contributed by atoms with Gasteiger partial charge in [0.1, 0.15) is 0 Å². The zero-order valence-electron chi connectivity index (χ0n) is 19.5. The number of carboxylic acid groups (broad SMARTS) is 1. The molecule has 5 nitrogen and oxygen atoms in total. The predicted octanol–water partition coefficient (Wildman–Crippen LogP) is 6.49. The highest BCUT2D eigenvalue weighted by atomic mass is 19.4. The fraction of sp³-hybridized carbons (Fsp3) is 0.296. The first kappa shape index (κ1) is 24.4. The van der Waals surface area contributed by atoms with Crippen LogP contribution < -0.4 is 0 Å². The van der Waals surface area contributed by atoms with E-state index in [2.05, 4.69) is 23.0 Å². The average Bonchev–Trinajstić information content (AvgIpc) is 2.97. The van der Waals surface area contributed by atoms with Crippen LogP contribution in [-0.4, -0.2) is 39.4 Å². The maximum absolute atomic E-state index is 12.8. The van der Waals surface area contributed by atoms with E-state index in [0.717, 1.165) is 28.1 Å². The van der Waals surface area contributed by atoms with Crippen molar-refractivity contribution >= 4 is 23.0 Å². The van der Waals surface area contributed by atoms with E-state index >= 15 is 0 Å². The van der Waals surface area contributed by atoms with E-state index in [1.807, 2.05) is 35.4 Å². The molecule has 0 spiro atoms. The number of allylic oxidation sites excluding steroid dienone is 4. The minimum atomic E-state index is -4.27. The van der Waals surface area contributed by atoms with E-state index in [1.165, 1.54) is 0 Å². The Morgan fingerprint density at radius 3 is 2.57 bits per heavy atom. The van der Waals surface area contributed by atoms with Gasteiger partial charge in [0, 0.05) is 37.3 Å². The molecule has 0 amide bonds. The first-order chi connectivity index (χ1) is 16.6. The Labute approximate surface area is 202 Å². The molecule has 0 saturated heterocycles. The quantitative estimate of drug-likeness (QED) is 0.530. The molecule has 2 aromatic rings. The molecule has 1 aromatic heterocycles. The number of fused-ring (bicyclic) bond motifs is 1. The predicted molar refractivity (Wildman–Crippen MR) is 130 cm³/mol. The monoisotopic (exact) mass is 481 g/mol. The number of aromatic carboxylic acids is 1. The summed E-state index contributed by atoms with van der Waals surface area (Å²) in [7, 11) is 0. The SMILES string of the molecule is Cc1cc(C2=CC(C)CC=C3C(=NCCC(F)(F)F)CC(c4ccncc4)=CN32)ccc1C(=O)O. The normalized spacial score (nSPS) is 19.5. The second-order valence-electron chi connectivity index (χ2n) is 8.82. The lowest BCUT2D eigenvalue weighted by Gasteiger charge is -2.33. The Morgan fingerprint density at radius 2 is 1.91 bits per heavy atom. The maximum atomic E-state index is 12.8. The number of aromatic nitrogens is 1. The van der Waals surface area contributed by atoms with Gasteiger partial charge in [-0.15, -0.1) is 0 Å². The van der Waals surface area contributed by atoms with Gasteiger partial charge in [0.25, 0.3) is 0 Å². The number of alkyl halides is 3. The molecule has 2 aliphatic rings. The molecule has 35 heavy (non-hydrogen) atoms. The molecule has 182 valence electrons. The van der Waals surface area contributed by atoms with E-state index in [-0.39, 0.29) is 18.0 Å². The van der Waals surface area contributed by atoms with Crippen molar-refractivity contribution in [2.24, 2.45) is 10.9 Å². The van der Waals surface area contributed by atoms with Gasteiger partial charge in [-0.1, -0.05) is 25.1 Å². The van der Waals surface area contributed by atoms with Crippen LogP contribution in [0.1, 0.15) is 53.2 Å². The largest absolute Gasteiger partial charge is 0.478 e. The van der Waals surface area contributed by atoms with Crippen molar-refractivity contribution in [2.75, 3.05) is 6.54 Å². The highest BCUT2D eigenvalue weighted by Gasteiger charge is 2.30. The van der Waals surface area contributed by atoms with Gasteiger partial charge < -0.3 is 10.0 Å². The number of carboxylic acids is 1. The molecular formula is C27H26F3N3O2. The molecule has 0 bridgehead atoms.